The molecule has 0 radical (unpaired) electrons. The van der Waals surface area contributed by atoms with Crippen LogP contribution in [0.3, 0.4) is 0 Å². The van der Waals surface area contributed by atoms with Gasteiger partial charge in [0.1, 0.15) is 24.2 Å². The third-order valence-electron chi connectivity index (χ3n) is 4.26. The number of benzene rings is 1. The van der Waals surface area contributed by atoms with E-state index in [9.17, 15) is 23.3 Å². The van der Waals surface area contributed by atoms with Crippen LogP contribution in [0.1, 0.15) is 5.69 Å². The van der Waals surface area contributed by atoms with Crippen LogP contribution in [-0.4, -0.2) is 32.2 Å². The minimum Gasteiger partial charge on any atom is -0.485 e. The van der Waals surface area contributed by atoms with E-state index in [4.69, 9.17) is 9.47 Å². The molecule has 0 N–H and O–H groups in total. The maximum atomic E-state index is 12.6. The van der Waals surface area contributed by atoms with Gasteiger partial charge in [-0.25, -0.2) is 0 Å². The lowest BCUT2D eigenvalue weighted by Gasteiger charge is -2.23. The topological polar surface area (TPSA) is 92.3 Å². The summed E-state index contributed by atoms with van der Waals surface area (Å²) in [6, 6.07) is 9.22. The Labute approximate surface area is 161 Å². The number of halogens is 3. The fraction of sp³-hybridized carbons (Fsp3) is 0.222. The number of aromatic nitrogens is 3. The zero-order valence-electron chi connectivity index (χ0n) is 14.7. The van der Waals surface area contributed by atoms with E-state index in [-0.39, 0.29) is 24.5 Å². The Bertz CT molecular complexity index is 1030. The van der Waals surface area contributed by atoms with E-state index in [0.717, 1.165) is 6.07 Å². The molecule has 1 aliphatic heterocycles. The van der Waals surface area contributed by atoms with Crippen molar-refractivity contribution in [3.8, 4) is 22.9 Å². The lowest BCUT2D eigenvalue weighted by Crippen LogP contribution is -2.34. The highest BCUT2D eigenvalue weighted by atomic mass is 19.4. The first-order valence-electron chi connectivity index (χ1n) is 8.44. The number of pyridine rings is 1. The van der Waals surface area contributed by atoms with Crippen molar-refractivity contribution in [1.82, 2.24) is 14.5 Å². The number of fused-ring (bicyclic) bond motifs is 1. The highest BCUT2D eigenvalue weighted by Crippen LogP contribution is 2.30. The van der Waals surface area contributed by atoms with Crippen molar-refractivity contribution in [2.24, 2.45) is 0 Å². The minimum atomic E-state index is -4.48. The molecule has 4 rings (SSSR count). The average Bonchev–Trinajstić information content (AvgIpc) is 3.12. The molecular weight excluding hydrogens is 393 g/mol. The molecule has 11 heteroatoms. The van der Waals surface area contributed by atoms with E-state index in [1.807, 2.05) is 0 Å². The summed E-state index contributed by atoms with van der Waals surface area (Å²) in [6.07, 6.45) is -2.41. The van der Waals surface area contributed by atoms with Gasteiger partial charge in [-0.3, -0.25) is 9.55 Å². The molecule has 8 nitrogen and oxygen atoms in total. The zero-order valence-corrected chi connectivity index (χ0v) is 14.7. The summed E-state index contributed by atoms with van der Waals surface area (Å²) < 4.78 is 50.5. The summed E-state index contributed by atoms with van der Waals surface area (Å²) in [6.45, 7) is 0.513. The van der Waals surface area contributed by atoms with Crippen LogP contribution in [-0.2, 0) is 12.7 Å². The Morgan fingerprint density at radius 3 is 2.52 bits per heavy atom. The molecule has 3 heterocycles. The zero-order chi connectivity index (χ0) is 20.6. The number of rotatable bonds is 4. The number of nitrogens with zero attached hydrogens (tertiary/aromatic N) is 4. The highest BCUT2D eigenvalue weighted by Gasteiger charge is 2.32. The first-order chi connectivity index (χ1) is 13.8. The Kier molecular flexibility index (Phi) is 4.57. The van der Waals surface area contributed by atoms with Crippen molar-refractivity contribution < 1.29 is 27.6 Å². The van der Waals surface area contributed by atoms with Gasteiger partial charge in [0.05, 0.1) is 6.54 Å². The molecule has 2 aromatic heterocycles. The molecule has 0 aliphatic carbocycles. The van der Waals surface area contributed by atoms with E-state index in [2.05, 4.69) is 9.97 Å². The van der Waals surface area contributed by atoms with Crippen LogP contribution < -0.4 is 9.47 Å². The van der Waals surface area contributed by atoms with Gasteiger partial charge in [-0.1, -0.05) is 18.2 Å². The Hall–Kier alpha value is -3.63. The summed E-state index contributed by atoms with van der Waals surface area (Å²) in [5.74, 6) is 0.232. The second-order valence-corrected chi connectivity index (χ2v) is 6.30. The Morgan fingerprint density at radius 1 is 1.17 bits per heavy atom. The molecule has 1 atom stereocenters. The van der Waals surface area contributed by atoms with E-state index in [0.29, 0.717) is 23.4 Å². The maximum Gasteiger partial charge on any atom is 0.433 e. The second-order valence-electron chi connectivity index (χ2n) is 6.30. The average molecular weight is 406 g/mol. The minimum absolute atomic E-state index is 0.168. The van der Waals surface area contributed by atoms with Gasteiger partial charge in [-0.15, -0.1) is 0 Å². The summed E-state index contributed by atoms with van der Waals surface area (Å²) in [5, 5.41) is 10.8. The highest BCUT2D eigenvalue weighted by molar-refractivity contribution is 5.63. The van der Waals surface area contributed by atoms with Gasteiger partial charge in [-0.05, 0) is 28.7 Å². The molecule has 29 heavy (non-hydrogen) atoms. The van der Waals surface area contributed by atoms with Crippen LogP contribution in [0.5, 0.6) is 11.8 Å². The lowest BCUT2D eigenvalue weighted by molar-refractivity contribution is -0.389. The van der Waals surface area contributed by atoms with Crippen LogP contribution in [0.15, 0.2) is 48.8 Å². The van der Waals surface area contributed by atoms with Crippen LogP contribution in [0.2, 0.25) is 0 Å². The lowest BCUT2D eigenvalue weighted by atomic mass is 10.1. The molecule has 0 unspecified atom stereocenters. The molecule has 0 saturated heterocycles. The van der Waals surface area contributed by atoms with Gasteiger partial charge in [-0.2, -0.15) is 13.2 Å². The second kappa shape index (κ2) is 7.08. The smallest absolute Gasteiger partial charge is 0.433 e. The van der Waals surface area contributed by atoms with E-state index < -0.39 is 16.8 Å². The fourth-order valence-corrected chi connectivity index (χ4v) is 2.88. The monoisotopic (exact) mass is 406 g/mol. The Balaban J connectivity index is 1.43. The summed E-state index contributed by atoms with van der Waals surface area (Å²) >= 11 is 0. The van der Waals surface area contributed by atoms with E-state index in [1.54, 1.807) is 24.3 Å². The molecule has 0 fully saturated rings. The molecule has 150 valence electrons. The van der Waals surface area contributed by atoms with Crippen molar-refractivity contribution in [2.75, 3.05) is 6.61 Å². The first-order valence-corrected chi connectivity index (χ1v) is 8.44. The number of nitro groups is 1. The van der Waals surface area contributed by atoms with Crippen molar-refractivity contribution in [1.29, 1.82) is 0 Å². The van der Waals surface area contributed by atoms with Gasteiger partial charge in [0.2, 0.25) is 0 Å². The number of ether oxygens (including phenoxy) is 2. The van der Waals surface area contributed by atoms with Gasteiger partial charge in [0.25, 0.3) is 0 Å². The van der Waals surface area contributed by atoms with Gasteiger partial charge in [0.15, 0.2) is 6.10 Å². The summed E-state index contributed by atoms with van der Waals surface area (Å²) in [4.78, 5) is 17.4. The van der Waals surface area contributed by atoms with Crippen molar-refractivity contribution in [3.63, 3.8) is 0 Å². The SMILES string of the molecule is O=[N+]([O-])c1cn2c(n1)OC[C@@H](Oc1ccc(-c3ccc(C(F)(F)F)nc3)cc1)C2. The molecule has 0 saturated carbocycles. The van der Waals surface area contributed by atoms with Crippen molar-refractivity contribution in [2.45, 2.75) is 18.8 Å². The number of hydrogen-bond donors (Lipinski definition) is 0. The van der Waals surface area contributed by atoms with Crippen LogP contribution in [0.4, 0.5) is 19.0 Å². The van der Waals surface area contributed by atoms with Crippen molar-refractivity contribution >= 4 is 5.82 Å². The third-order valence-corrected chi connectivity index (χ3v) is 4.26. The first kappa shape index (κ1) is 18.7. The predicted molar refractivity (Wildman–Crippen MR) is 93.5 cm³/mol. The number of alkyl halides is 3. The molecule has 3 aromatic rings. The third kappa shape index (κ3) is 3.98. The normalized spacial score (nSPS) is 16.0. The van der Waals surface area contributed by atoms with Crippen LogP contribution >= 0.6 is 0 Å². The molecule has 1 aliphatic rings. The molecule has 0 spiro atoms. The quantitative estimate of drug-likeness (QED) is 0.485. The number of imidazole rings is 1. The van der Waals surface area contributed by atoms with Gasteiger partial charge < -0.3 is 19.6 Å². The van der Waals surface area contributed by atoms with Crippen LogP contribution in [0.25, 0.3) is 11.1 Å². The van der Waals surface area contributed by atoms with Crippen LogP contribution in [0, 0.1) is 10.1 Å². The molecular formula is C18H13F3N4O4. The predicted octanol–water partition coefficient (Wildman–Crippen LogP) is 3.71. The summed E-state index contributed by atoms with van der Waals surface area (Å²) in [5.41, 5.74) is 0.282. The van der Waals surface area contributed by atoms with Crippen molar-refractivity contribution in [3.05, 3.63) is 64.6 Å². The Morgan fingerprint density at radius 2 is 1.90 bits per heavy atom. The van der Waals surface area contributed by atoms with Gasteiger partial charge >= 0.3 is 18.0 Å². The molecule has 0 amide bonds. The number of hydrogen-bond acceptors (Lipinski definition) is 6. The van der Waals surface area contributed by atoms with E-state index in [1.165, 1.54) is 23.0 Å². The molecule has 0 bridgehead atoms. The molecule has 1 aromatic carbocycles. The summed E-state index contributed by atoms with van der Waals surface area (Å²) in [7, 11) is 0. The maximum absolute atomic E-state index is 12.6. The standard InChI is InChI=1S/C18H13F3N4O4/c19-18(20,21)15-6-3-12(7-22-15)11-1-4-13(5-2-11)29-14-8-24-9-16(25(26)27)23-17(24)28-10-14/h1-7,9,14H,8,10H2/t14-/m0/s1. The van der Waals surface area contributed by atoms with E-state index >= 15 is 0 Å². The fourth-order valence-electron chi connectivity index (χ4n) is 2.88. The largest absolute Gasteiger partial charge is 0.485 e. The van der Waals surface area contributed by atoms with Gasteiger partial charge in [0, 0.05) is 16.7 Å².